The van der Waals surface area contributed by atoms with Crippen LogP contribution in [0.4, 0.5) is 4.39 Å². The number of hydrogen-bond donors (Lipinski definition) is 0. The lowest BCUT2D eigenvalue weighted by molar-refractivity contribution is -0.122. The van der Waals surface area contributed by atoms with Gasteiger partial charge in [-0.1, -0.05) is 13.0 Å². The molecule has 1 saturated carbocycles. The van der Waals surface area contributed by atoms with Crippen LogP contribution in [0.25, 0.3) is 0 Å². The van der Waals surface area contributed by atoms with Crippen LogP contribution in [0.15, 0.2) is 18.2 Å². The van der Waals surface area contributed by atoms with E-state index in [1.807, 2.05) is 13.8 Å². The van der Waals surface area contributed by atoms with Crippen molar-refractivity contribution in [1.82, 2.24) is 0 Å². The van der Waals surface area contributed by atoms with Gasteiger partial charge in [-0.05, 0) is 48.9 Å². The molecule has 1 aliphatic rings. The predicted molar refractivity (Wildman–Crippen MR) is 61.7 cm³/mol. The first-order chi connectivity index (χ1) is 7.58. The lowest BCUT2D eigenvalue weighted by atomic mass is 9.93. The lowest BCUT2D eigenvalue weighted by Crippen LogP contribution is -2.16. The van der Waals surface area contributed by atoms with Crippen LogP contribution in [0.5, 0.6) is 0 Å². The second-order valence-corrected chi connectivity index (χ2v) is 4.84. The van der Waals surface area contributed by atoms with E-state index < -0.39 is 0 Å². The molecule has 0 saturated heterocycles. The molecule has 1 aliphatic carbocycles. The van der Waals surface area contributed by atoms with Crippen LogP contribution in [-0.2, 0) is 11.2 Å². The zero-order chi connectivity index (χ0) is 11.7. The van der Waals surface area contributed by atoms with Gasteiger partial charge in [0.15, 0.2) is 0 Å². The fourth-order valence-electron chi connectivity index (χ4n) is 2.04. The standard InChI is InChI=1S/C14H17FO/c1-9-3-6-13(15)7-12(9)8-14(16)10(2)11-4-5-11/h3,6-7,10-11H,4-5,8H2,1-2H3. The van der Waals surface area contributed by atoms with Gasteiger partial charge in [0.05, 0.1) is 0 Å². The Morgan fingerprint density at radius 1 is 1.50 bits per heavy atom. The second-order valence-electron chi connectivity index (χ2n) is 4.84. The molecule has 0 aliphatic heterocycles. The topological polar surface area (TPSA) is 17.1 Å². The molecule has 0 N–H and O–H groups in total. The molecule has 0 aromatic heterocycles. The molecule has 1 atom stereocenters. The quantitative estimate of drug-likeness (QED) is 0.761. The second kappa shape index (κ2) is 4.36. The lowest BCUT2D eigenvalue weighted by Gasteiger charge is -2.10. The van der Waals surface area contributed by atoms with Gasteiger partial charge in [0, 0.05) is 12.3 Å². The number of halogens is 1. The highest BCUT2D eigenvalue weighted by atomic mass is 19.1. The SMILES string of the molecule is Cc1ccc(F)cc1CC(=O)C(C)C1CC1. The summed E-state index contributed by atoms with van der Waals surface area (Å²) >= 11 is 0. The van der Waals surface area contributed by atoms with E-state index >= 15 is 0 Å². The molecule has 0 amide bonds. The highest BCUT2D eigenvalue weighted by Crippen LogP contribution is 2.37. The zero-order valence-electron chi connectivity index (χ0n) is 9.79. The first-order valence-corrected chi connectivity index (χ1v) is 5.85. The van der Waals surface area contributed by atoms with Gasteiger partial charge in [-0.3, -0.25) is 4.79 Å². The van der Waals surface area contributed by atoms with E-state index in [0.29, 0.717) is 12.3 Å². The van der Waals surface area contributed by atoms with Crippen LogP contribution in [0.3, 0.4) is 0 Å². The maximum atomic E-state index is 13.1. The van der Waals surface area contributed by atoms with E-state index in [1.165, 1.54) is 25.0 Å². The molecule has 0 spiro atoms. The number of ketones is 1. The van der Waals surface area contributed by atoms with Crippen LogP contribution < -0.4 is 0 Å². The Bertz CT molecular complexity index is 407. The summed E-state index contributed by atoms with van der Waals surface area (Å²) in [6, 6.07) is 4.65. The maximum Gasteiger partial charge on any atom is 0.140 e. The third kappa shape index (κ3) is 2.49. The van der Waals surface area contributed by atoms with Crippen molar-refractivity contribution in [1.29, 1.82) is 0 Å². The zero-order valence-corrected chi connectivity index (χ0v) is 9.79. The largest absolute Gasteiger partial charge is 0.299 e. The summed E-state index contributed by atoms with van der Waals surface area (Å²) in [5, 5.41) is 0. The van der Waals surface area contributed by atoms with Crippen LogP contribution in [-0.4, -0.2) is 5.78 Å². The summed E-state index contributed by atoms with van der Waals surface area (Å²) < 4.78 is 13.1. The van der Waals surface area contributed by atoms with E-state index in [0.717, 1.165) is 11.1 Å². The summed E-state index contributed by atoms with van der Waals surface area (Å²) in [5.74, 6) is 0.715. The van der Waals surface area contributed by atoms with E-state index in [-0.39, 0.29) is 17.5 Å². The van der Waals surface area contributed by atoms with Crippen molar-refractivity contribution in [3.8, 4) is 0 Å². The number of hydrogen-bond acceptors (Lipinski definition) is 1. The third-order valence-corrected chi connectivity index (χ3v) is 3.51. The normalized spacial score (nSPS) is 17.2. The molecule has 1 aromatic rings. The number of aryl methyl sites for hydroxylation is 1. The minimum atomic E-state index is -0.257. The Hall–Kier alpha value is -1.18. The van der Waals surface area contributed by atoms with E-state index in [2.05, 4.69) is 0 Å². The van der Waals surface area contributed by atoms with Crippen molar-refractivity contribution in [3.05, 3.63) is 35.1 Å². The monoisotopic (exact) mass is 220 g/mol. The number of rotatable bonds is 4. The van der Waals surface area contributed by atoms with Crippen molar-refractivity contribution in [2.75, 3.05) is 0 Å². The van der Waals surface area contributed by atoms with Gasteiger partial charge >= 0.3 is 0 Å². The van der Waals surface area contributed by atoms with Crippen molar-refractivity contribution in [3.63, 3.8) is 0 Å². The Morgan fingerprint density at radius 2 is 2.19 bits per heavy atom. The van der Waals surface area contributed by atoms with Gasteiger partial charge in [0.25, 0.3) is 0 Å². The Balaban J connectivity index is 2.07. The van der Waals surface area contributed by atoms with Crippen molar-refractivity contribution in [2.45, 2.75) is 33.1 Å². The molecule has 1 aromatic carbocycles. The number of carbonyl (C=O) groups is 1. The summed E-state index contributed by atoms with van der Waals surface area (Å²) in [4.78, 5) is 11.9. The van der Waals surface area contributed by atoms with Crippen LogP contribution >= 0.6 is 0 Å². The molecule has 86 valence electrons. The first-order valence-electron chi connectivity index (χ1n) is 5.85. The summed E-state index contributed by atoms with van der Waals surface area (Å²) in [6.07, 6.45) is 2.73. The molecular formula is C14H17FO. The highest BCUT2D eigenvalue weighted by Gasteiger charge is 2.32. The minimum absolute atomic E-state index is 0.141. The molecule has 16 heavy (non-hydrogen) atoms. The van der Waals surface area contributed by atoms with Crippen LogP contribution in [0.1, 0.15) is 30.9 Å². The molecular weight excluding hydrogens is 203 g/mol. The Kier molecular flexibility index (Phi) is 3.08. The fourth-order valence-corrected chi connectivity index (χ4v) is 2.04. The van der Waals surface area contributed by atoms with E-state index in [9.17, 15) is 9.18 Å². The molecule has 1 nitrogen and oxygen atoms in total. The average Bonchev–Trinajstić information content (AvgIpc) is 3.06. The molecule has 0 heterocycles. The molecule has 1 unspecified atom stereocenters. The van der Waals surface area contributed by atoms with Gasteiger partial charge in [0.1, 0.15) is 11.6 Å². The van der Waals surface area contributed by atoms with Crippen molar-refractivity contribution >= 4 is 5.78 Å². The van der Waals surface area contributed by atoms with Crippen molar-refractivity contribution in [2.24, 2.45) is 11.8 Å². The summed E-state index contributed by atoms with van der Waals surface area (Å²) in [6.45, 7) is 3.92. The fraction of sp³-hybridized carbons (Fsp3) is 0.500. The highest BCUT2D eigenvalue weighted by molar-refractivity contribution is 5.83. The van der Waals surface area contributed by atoms with Crippen LogP contribution in [0, 0.1) is 24.6 Å². The molecule has 1 fully saturated rings. The minimum Gasteiger partial charge on any atom is -0.299 e. The summed E-state index contributed by atoms with van der Waals surface area (Å²) in [7, 11) is 0. The molecule has 2 rings (SSSR count). The average molecular weight is 220 g/mol. The Morgan fingerprint density at radius 3 is 2.81 bits per heavy atom. The molecule has 0 bridgehead atoms. The van der Waals surface area contributed by atoms with Gasteiger partial charge in [-0.2, -0.15) is 0 Å². The van der Waals surface area contributed by atoms with Crippen LogP contribution in [0.2, 0.25) is 0 Å². The number of Topliss-reactive ketones (excluding diaryl/α,β-unsaturated/α-hetero) is 1. The maximum absolute atomic E-state index is 13.1. The number of carbonyl (C=O) groups excluding carboxylic acids is 1. The van der Waals surface area contributed by atoms with Gasteiger partial charge in [-0.15, -0.1) is 0 Å². The third-order valence-electron chi connectivity index (χ3n) is 3.51. The van der Waals surface area contributed by atoms with Gasteiger partial charge in [-0.25, -0.2) is 4.39 Å². The van der Waals surface area contributed by atoms with Crippen molar-refractivity contribution < 1.29 is 9.18 Å². The summed E-state index contributed by atoms with van der Waals surface area (Å²) in [5.41, 5.74) is 1.83. The van der Waals surface area contributed by atoms with E-state index in [1.54, 1.807) is 6.07 Å². The van der Waals surface area contributed by atoms with E-state index in [4.69, 9.17) is 0 Å². The molecule has 2 heteroatoms. The smallest absolute Gasteiger partial charge is 0.140 e. The van der Waals surface area contributed by atoms with Gasteiger partial charge in [0.2, 0.25) is 0 Å². The molecule has 0 radical (unpaired) electrons. The number of benzene rings is 1. The first kappa shape index (κ1) is 11.3. The Labute approximate surface area is 95.7 Å². The van der Waals surface area contributed by atoms with Gasteiger partial charge < -0.3 is 0 Å². The predicted octanol–water partition coefficient (Wildman–Crippen LogP) is 3.29.